The van der Waals surface area contributed by atoms with Crippen molar-refractivity contribution in [2.24, 2.45) is 0 Å². The molecular weight excluding hydrogens is 328 g/mol. The molecule has 0 aliphatic carbocycles. The molecule has 5 heteroatoms. The maximum atomic E-state index is 12.8. The van der Waals surface area contributed by atoms with Gasteiger partial charge in [-0.15, -0.1) is 0 Å². The summed E-state index contributed by atoms with van der Waals surface area (Å²) in [6, 6.07) is 19.4. The Labute approximate surface area is 152 Å². The van der Waals surface area contributed by atoms with Crippen molar-refractivity contribution < 1.29 is 13.9 Å². The molecule has 0 unspecified atom stereocenters. The lowest BCUT2D eigenvalue weighted by Gasteiger charge is -2.31. The van der Waals surface area contributed by atoms with Crippen molar-refractivity contribution in [2.75, 3.05) is 32.8 Å². The number of morpholine rings is 1. The summed E-state index contributed by atoms with van der Waals surface area (Å²) < 4.78 is 11.1. The van der Waals surface area contributed by atoms with Gasteiger partial charge in [-0.05, 0) is 17.7 Å². The van der Waals surface area contributed by atoms with Gasteiger partial charge in [0, 0.05) is 25.0 Å². The minimum atomic E-state index is -0.191. The van der Waals surface area contributed by atoms with Crippen LogP contribution < -0.4 is 5.32 Å². The van der Waals surface area contributed by atoms with E-state index in [4.69, 9.17) is 9.15 Å². The maximum absolute atomic E-state index is 12.8. The highest BCUT2D eigenvalue weighted by Crippen LogP contribution is 2.21. The first-order chi connectivity index (χ1) is 12.8. The van der Waals surface area contributed by atoms with Crippen LogP contribution >= 0.6 is 0 Å². The van der Waals surface area contributed by atoms with Gasteiger partial charge in [-0.25, -0.2) is 0 Å². The van der Waals surface area contributed by atoms with Crippen molar-refractivity contribution in [1.29, 1.82) is 0 Å². The maximum Gasteiger partial charge on any atom is 0.287 e. The standard InChI is InChI=1S/C21H22N2O3/c24-21(20-14-17-8-4-5-9-19(17)26-20)22-18(16-6-2-1-3-7-16)15-23-10-12-25-13-11-23/h1-9,14,18H,10-13,15H2,(H,22,24)/t18-/m0/s1. The van der Waals surface area contributed by atoms with Crippen LogP contribution in [0.4, 0.5) is 0 Å². The van der Waals surface area contributed by atoms with E-state index in [1.165, 1.54) is 0 Å². The van der Waals surface area contributed by atoms with E-state index in [9.17, 15) is 4.79 Å². The molecule has 2 heterocycles. The number of carbonyl (C=O) groups excluding carboxylic acids is 1. The predicted octanol–water partition coefficient (Wildman–Crippen LogP) is 3.24. The van der Waals surface area contributed by atoms with Crippen molar-refractivity contribution >= 4 is 16.9 Å². The van der Waals surface area contributed by atoms with Crippen LogP contribution in [0, 0.1) is 0 Å². The first kappa shape index (κ1) is 16.8. The Balaban J connectivity index is 1.54. The average molecular weight is 350 g/mol. The van der Waals surface area contributed by atoms with Crippen molar-refractivity contribution in [3.05, 3.63) is 72.0 Å². The Hall–Kier alpha value is -2.63. The van der Waals surface area contributed by atoms with Crippen LogP contribution in [0.3, 0.4) is 0 Å². The number of nitrogens with one attached hydrogen (secondary N) is 1. The molecule has 1 aromatic heterocycles. The van der Waals surface area contributed by atoms with E-state index in [1.54, 1.807) is 6.07 Å². The van der Waals surface area contributed by atoms with E-state index in [-0.39, 0.29) is 11.9 Å². The fourth-order valence-corrected chi connectivity index (χ4v) is 3.28. The molecule has 0 saturated carbocycles. The summed E-state index contributed by atoms with van der Waals surface area (Å²) in [6.07, 6.45) is 0. The van der Waals surface area contributed by atoms with E-state index in [2.05, 4.69) is 10.2 Å². The van der Waals surface area contributed by atoms with E-state index in [0.29, 0.717) is 5.76 Å². The lowest BCUT2D eigenvalue weighted by Crippen LogP contribution is -2.43. The molecule has 0 spiro atoms. The van der Waals surface area contributed by atoms with Gasteiger partial charge in [-0.3, -0.25) is 9.69 Å². The molecule has 134 valence electrons. The number of hydrogen-bond acceptors (Lipinski definition) is 4. The Morgan fingerprint density at radius 2 is 1.77 bits per heavy atom. The quantitative estimate of drug-likeness (QED) is 0.768. The van der Waals surface area contributed by atoms with Crippen LogP contribution in [0.15, 0.2) is 65.1 Å². The lowest BCUT2D eigenvalue weighted by atomic mass is 10.1. The SMILES string of the molecule is O=C(N[C@@H](CN1CCOCC1)c1ccccc1)c1cc2ccccc2o1. The molecule has 0 radical (unpaired) electrons. The fraction of sp³-hybridized carbons (Fsp3) is 0.286. The molecule has 1 saturated heterocycles. The molecule has 3 aromatic rings. The van der Waals surface area contributed by atoms with Gasteiger partial charge in [-0.2, -0.15) is 0 Å². The van der Waals surface area contributed by atoms with Gasteiger partial charge in [0.2, 0.25) is 0 Å². The summed E-state index contributed by atoms with van der Waals surface area (Å²) in [7, 11) is 0. The molecule has 1 atom stereocenters. The second-order valence-corrected chi connectivity index (χ2v) is 6.50. The normalized spacial score (nSPS) is 16.5. The number of hydrogen-bond donors (Lipinski definition) is 1. The lowest BCUT2D eigenvalue weighted by molar-refractivity contribution is 0.0331. The summed E-state index contributed by atoms with van der Waals surface area (Å²) in [5.74, 6) is 0.150. The van der Waals surface area contributed by atoms with Gasteiger partial charge in [0.1, 0.15) is 5.58 Å². The number of benzene rings is 2. The van der Waals surface area contributed by atoms with Crippen LogP contribution in [-0.4, -0.2) is 43.7 Å². The molecule has 1 aliphatic rings. The number of furan rings is 1. The van der Waals surface area contributed by atoms with Crippen molar-refractivity contribution in [1.82, 2.24) is 10.2 Å². The zero-order chi connectivity index (χ0) is 17.8. The van der Waals surface area contributed by atoms with E-state index < -0.39 is 0 Å². The smallest absolute Gasteiger partial charge is 0.287 e. The van der Waals surface area contributed by atoms with Gasteiger partial charge >= 0.3 is 0 Å². The molecule has 1 aliphatic heterocycles. The van der Waals surface area contributed by atoms with Gasteiger partial charge in [-0.1, -0.05) is 48.5 Å². The van der Waals surface area contributed by atoms with E-state index in [0.717, 1.165) is 49.4 Å². The third kappa shape index (κ3) is 3.79. The van der Waals surface area contributed by atoms with Crippen LogP contribution in [0.25, 0.3) is 11.0 Å². The first-order valence-corrected chi connectivity index (χ1v) is 8.94. The Morgan fingerprint density at radius 1 is 1.04 bits per heavy atom. The first-order valence-electron chi connectivity index (χ1n) is 8.94. The predicted molar refractivity (Wildman–Crippen MR) is 100 cm³/mol. The zero-order valence-corrected chi connectivity index (χ0v) is 14.6. The monoisotopic (exact) mass is 350 g/mol. The van der Waals surface area contributed by atoms with Crippen molar-refractivity contribution in [3.63, 3.8) is 0 Å². The molecule has 1 N–H and O–H groups in total. The number of rotatable bonds is 5. The summed E-state index contributed by atoms with van der Waals surface area (Å²) >= 11 is 0. The van der Waals surface area contributed by atoms with Crippen LogP contribution in [-0.2, 0) is 4.74 Å². The molecule has 2 aromatic carbocycles. The van der Waals surface area contributed by atoms with Crippen LogP contribution in [0.1, 0.15) is 22.2 Å². The number of nitrogens with zero attached hydrogens (tertiary/aromatic N) is 1. The Kier molecular flexibility index (Phi) is 5.00. The van der Waals surface area contributed by atoms with Crippen molar-refractivity contribution in [3.8, 4) is 0 Å². The van der Waals surface area contributed by atoms with Gasteiger partial charge in [0.05, 0.1) is 19.3 Å². The Bertz CT molecular complexity index is 836. The third-order valence-electron chi connectivity index (χ3n) is 4.70. The number of fused-ring (bicyclic) bond motifs is 1. The van der Waals surface area contributed by atoms with Crippen molar-refractivity contribution in [2.45, 2.75) is 6.04 Å². The Morgan fingerprint density at radius 3 is 2.54 bits per heavy atom. The number of carbonyl (C=O) groups is 1. The summed E-state index contributed by atoms with van der Waals surface area (Å²) in [4.78, 5) is 15.1. The highest BCUT2D eigenvalue weighted by atomic mass is 16.5. The molecule has 26 heavy (non-hydrogen) atoms. The largest absolute Gasteiger partial charge is 0.451 e. The zero-order valence-electron chi connectivity index (χ0n) is 14.6. The molecule has 1 fully saturated rings. The minimum Gasteiger partial charge on any atom is -0.451 e. The second kappa shape index (κ2) is 7.72. The van der Waals surface area contributed by atoms with Gasteiger partial charge in [0.25, 0.3) is 5.91 Å². The fourth-order valence-electron chi connectivity index (χ4n) is 3.28. The van der Waals surface area contributed by atoms with Crippen LogP contribution in [0.5, 0.6) is 0 Å². The third-order valence-corrected chi connectivity index (χ3v) is 4.70. The highest BCUT2D eigenvalue weighted by molar-refractivity contribution is 5.96. The van der Waals surface area contributed by atoms with E-state index in [1.807, 2.05) is 54.6 Å². The topological polar surface area (TPSA) is 54.7 Å². The molecular formula is C21H22N2O3. The molecule has 0 bridgehead atoms. The van der Waals surface area contributed by atoms with Gasteiger partial charge in [0.15, 0.2) is 5.76 Å². The molecule has 5 nitrogen and oxygen atoms in total. The highest BCUT2D eigenvalue weighted by Gasteiger charge is 2.22. The average Bonchev–Trinajstić information content (AvgIpc) is 3.13. The van der Waals surface area contributed by atoms with E-state index >= 15 is 0 Å². The minimum absolute atomic E-state index is 0.102. The molecule has 4 rings (SSSR count). The summed E-state index contributed by atoms with van der Waals surface area (Å²) in [6.45, 7) is 3.98. The summed E-state index contributed by atoms with van der Waals surface area (Å²) in [5, 5.41) is 4.08. The van der Waals surface area contributed by atoms with Gasteiger partial charge < -0.3 is 14.5 Å². The number of para-hydroxylation sites is 1. The second-order valence-electron chi connectivity index (χ2n) is 6.50. The van der Waals surface area contributed by atoms with Crippen LogP contribution in [0.2, 0.25) is 0 Å². The number of amides is 1. The molecule has 1 amide bonds. The number of ether oxygens (including phenoxy) is 1. The summed E-state index contributed by atoms with van der Waals surface area (Å²) in [5.41, 5.74) is 1.81.